The number of carbonyl (C=O) groups is 1. The molecule has 0 aliphatic heterocycles. The number of ether oxygens (including phenoxy) is 1. The predicted molar refractivity (Wildman–Crippen MR) is 66.9 cm³/mol. The first-order valence-electron chi connectivity index (χ1n) is 6.36. The van der Waals surface area contributed by atoms with Crippen molar-refractivity contribution in [2.45, 2.75) is 31.3 Å². The second-order valence-corrected chi connectivity index (χ2v) is 4.84. The smallest absolute Gasteiger partial charge is 0.272 e. The van der Waals surface area contributed by atoms with E-state index in [1.54, 1.807) is 0 Å². The summed E-state index contributed by atoms with van der Waals surface area (Å²) in [5.74, 6) is -0.305. The van der Waals surface area contributed by atoms with Crippen LogP contribution in [0.1, 0.15) is 29.8 Å². The summed E-state index contributed by atoms with van der Waals surface area (Å²) in [4.78, 5) is 15.7. The third-order valence-corrected chi connectivity index (χ3v) is 3.20. The molecule has 1 aromatic heterocycles. The maximum atomic E-state index is 12.0. The lowest BCUT2D eigenvalue weighted by Gasteiger charge is -2.36. The average molecular weight is 286 g/mol. The lowest BCUT2D eigenvalue weighted by Crippen LogP contribution is -2.47. The van der Waals surface area contributed by atoms with Crippen LogP contribution in [0.3, 0.4) is 0 Å². The molecular formula is C13H16F2N2O3. The van der Waals surface area contributed by atoms with E-state index >= 15 is 0 Å². The van der Waals surface area contributed by atoms with E-state index in [0.717, 1.165) is 6.42 Å². The van der Waals surface area contributed by atoms with E-state index in [2.05, 4.69) is 10.3 Å². The number of hydrogen-bond donors (Lipinski definition) is 2. The number of pyridine rings is 1. The molecule has 1 amide bonds. The highest BCUT2D eigenvalue weighted by Gasteiger charge is 2.34. The molecule has 1 saturated carbocycles. The minimum atomic E-state index is -2.58. The van der Waals surface area contributed by atoms with Crippen molar-refractivity contribution in [1.82, 2.24) is 10.3 Å². The van der Waals surface area contributed by atoms with Crippen molar-refractivity contribution >= 4 is 5.91 Å². The molecule has 1 aliphatic carbocycles. The zero-order valence-electron chi connectivity index (χ0n) is 10.8. The van der Waals surface area contributed by atoms with Gasteiger partial charge in [0.15, 0.2) is 0 Å². The monoisotopic (exact) mass is 286 g/mol. The fourth-order valence-corrected chi connectivity index (χ4v) is 1.88. The Morgan fingerprint density at radius 3 is 2.90 bits per heavy atom. The Morgan fingerprint density at radius 2 is 2.30 bits per heavy atom. The molecule has 20 heavy (non-hydrogen) atoms. The van der Waals surface area contributed by atoms with Gasteiger partial charge in [0.1, 0.15) is 18.1 Å². The second kappa shape index (κ2) is 6.13. The van der Waals surface area contributed by atoms with Crippen LogP contribution in [0, 0.1) is 0 Å². The first-order chi connectivity index (χ1) is 9.48. The maximum Gasteiger partial charge on any atom is 0.272 e. The van der Waals surface area contributed by atoms with Crippen LogP contribution in [0.15, 0.2) is 18.3 Å². The molecule has 5 nitrogen and oxygen atoms in total. The van der Waals surface area contributed by atoms with Gasteiger partial charge in [-0.3, -0.25) is 9.78 Å². The van der Waals surface area contributed by atoms with E-state index in [1.807, 2.05) is 0 Å². The highest BCUT2D eigenvalue weighted by Crippen LogP contribution is 2.30. The molecular weight excluding hydrogens is 270 g/mol. The average Bonchev–Trinajstić information content (AvgIpc) is 2.40. The van der Waals surface area contributed by atoms with E-state index in [1.165, 1.54) is 18.3 Å². The molecule has 0 atom stereocenters. The van der Waals surface area contributed by atoms with Gasteiger partial charge in [-0.05, 0) is 25.3 Å². The van der Waals surface area contributed by atoms with Gasteiger partial charge in [-0.1, -0.05) is 0 Å². The SMILES string of the molecule is O=C(NCC1(O)CCC1)c1cc(OCC(F)F)ccn1. The van der Waals surface area contributed by atoms with Gasteiger partial charge in [0.05, 0.1) is 5.60 Å². The van der Waals surface area contributed by atoms with Crippen LogP contribution in [-0.2, 0) is 0 Å². The van der Waals surface area contributed by atoms with Gasteiger partial charge >= 0.3 is 0 Å². The van der Waals surface area contributed by atoms with E-state index in [-0.39, 0.29) is 18.0 Å². The first-order valence-corrected chi connectivity index (χ1v) is 6.36. The summed E-state index contributed by atoms with van der Waals surface area (Å²) >= 11 is 0. The number of nitrogens with zero attached hydrogens (tertiary/aromatic N) is 1. The van der Waals surface area contributed by atoms with Gasteiger partial charge in [-0.2, -0.15) is 0 Å². The lowest BCUT2D eigenvalue weighted by molar-refractivity contribution is -0.0300. The highest BCUT2D eigenvalue weighted by atomic mass is 19.3. The first kappa shape index (κ1) is 14.6. The molecule has 1 aromatic rings. The van der Waals surface area contributed by atoms with Crippen LogP contribution in [-0.4, -0.2) is 41.2 Å². The Balaban J connectivity index is 1.90. The number of nitrogens with one attached hydrogen (secondary N) is 1. The topological polar surface area (TPSA) is 71.5 Å². The maximum absolute atomic E-state index is 12.0. The van der Waals surface area contributed by atoms with E-state index in [4.69, 9.17) is 4.74 Å². The van der Waals surface area contributed by atoms with Crippen LogP contribution in [0.2, 0.25) is 0 Å². The van der Waals surface area contributed by atoms with Crippen LogP contribution in [0.25, 0.3) is 0 Å². The quantitative estimate of drug-likeness (QED) is 0.828. The largest absolute Gasteiger partial charge is 0.488 e. The molecule has 1 fully saturated rings. The molecule has 0 radical (unpaired) electrons. The molecule has 2 N–H and O–H groups in total. The molecule has 1 aliphatic rings. The molecule has 1 heterocycles. The number of aromatic nitrogens is 1. The fraction of sp³-hybridized carbons (Fsp3) is 0.538. The van der Waals surface area contributed by atoms with Crippen molar-refractivity contribution in [3.63, 3.8) is 0 Å². The second-order valence-electron chi connectivity index (χ2n) is 4.84. The Labute approximate surface area is 115 Å². The Kier molecular flexibility index (Phi) is 4.49. The van der Waals surface area contributed by atoms with Crippen molar-refractivity contribution in [2.75, 3.05) is 13.2 Å². The van der Waals surface area contributed by atoms with E-state index < -0.39 is 24.5 Å². The molecule has 2 rings (SSSR count). The minimum absolute atomic E-state index is 0.0692. The van der Waals surface area contributed by atoms with Gasteiger partial charge in [-0.15, -0.1) is 0 Å². The summed E-state index contributed by atoms with van der Waals surface area (Å²) in [6.07, 6.45) is 1.01. The molecule has 0 aromatic carbocycles. The van der Waals surface area contributed by atoms with Gasteiger partial charge in [-0.25, -0.2) is 8.78 Å². The third-order valence-electron chi connectivity index (χ3n) is 3.20. The summed E-state index contributed by atoms with van der Waals surface area (Å²) in [7, 11) is 0. The fourth-order valence-electron chi connectivity index (χ4n) is 1.88. The number of carbonyl (C=O) groups excluding carboxylic acids is 1. The number of hydrogen-bond acceptors (Lipinski definition) is 4. The summed E-state index contributed by atoms with van der Waals surface area (Å²) in [6.45, 7) is -0.569. The van der Waals surface area contributed by atoms with Gasteiger partial charge in [0.25, 0.3) is 12.3 Å². The van der Waals surface area contributed by atoms with E-state index in [0.29, 0.717) is 12.8 Å². The summed E-state index contributed by atoms with van der Waals surface area (Å²) < 4.78 is 28.9. The molecule has 110 valence electrons. The van der Waals surface area contributed by atoms with Crippen LogP contribution >= 0.6 is 0 Å². The molecule has 0 bridgehead atoms. The Morgan fingerprint density at radius 1 is 1.55 bits per heavy atom. The zero-order chi connectivity index (χ0) is 14.6. The van der Waals surface area contributed by atoms with Crippen molar-refractivity contribution < 1.29 is 23.4 Å². The normalized spacial score (nSPS) is 16.6. The minimum Gasteiger partial charge on any atom is -0.488 e. The van der Waals surface area contributed by atoms with Crippen LogP contribution < -0.4 is 10.1 Å². The number of halogens is 2. The lowest BCUT2D eigenvalue weighted by atomic mass is 9.80. The van der Waals surface area contributed by atoms with Gasteiger partial charge in [0.2, 0.25) is 0 Å². The predicted octanol–water partition coefficient (Wildman–Crippen LogP) is 1.37. The third kappa shape index (κ3) is 3.86. The van der Waals surface area contributed by atoms with E-state index in [9.17, 15) is 18.7 Å². The van der Waals surface area contributed by atoms with Crippen LogP contribution in [0.4, 0.5) is 8.78 Å². The number of rotatable bonds is 6. The van der Waals surface area contributed by atoms with Crippen LogP contribution in [0.5, 0.6) is 5.75 Å². The Bertz CT molecular complexity index is 478. The zero-order valence-corrected chi connectivity index (χ0v) is 10.8. The highest BCUT2D eigenvalue weighted by molar-refractivity contribution is 5.92. The molecule has 0 unspecified atom stereocenters. The standard InChI is InChI=1S/C13H16F2N2O3/c14-11(15)7-20-9-2-5-16-10(6-9)12(18)17-8-13(19)3-1-4-13/h2,5-6,11,19H,1,3-4,7-8H2,(H,17,18). The van der Waals surface area contributed by atoms with Crippen molar-refractivity contribution in [2.24, 2.45) is 0 Å². The number of aliphatic hydroxyl groups is 1. The molecule has 0 saturated heterocycles. The van der Waals surface area contributed by atoms with Crippen molar-refractivity contribution in [3.8, 4) is 5.75 Å². The molecule has 0 spiro atoms. The molecule has 7 heteroatoms. The van der Waals surface area contributed by atoms with Crippen molar-refractivity contribution in [1.29, 1.82) is 0 Å². The van der Waals surface area contributed by atoms with Gasteiger partial charge in [0, 0.05) is 18.8 Å². The Hall–Kier alpha value is -1.76. The number of amides is 1. The summed E-state index contributed by atoms with van der Waals surface area (Å²) in [5, 5.41) is 12.4. The van der Waals surface area contributed by atoms with Gasteiger partial charge < -0.3 is 15.2 Å². The summed E-state index contributed by atoms with van der Waals surface area (Å²) in [6, 6.07) is 2.70. The van der Waals surface area contributed by atoms with Crippen molar-refractivity contribution in [3.05, 3.63) is 24.0 Å². The summed E-state index contributed by atoms with van der Waals surface area (Å²) in [5.41, 5.74) is -0.751. The number of alkyl halides is 2.